The Bertz CT molecular complexity index is 644. The van der Waals surface area contributed by atoms with Crippen LogP contribution in [0, 0.1) is 5.82 Å². The molecule has 0 saturated heterocycles. The summed E-state index contributed by atoms with van der Waals surface area (Å²) in [4.78, 5) is 0. The molecular formula is C15H12Br2ClFO2. The lowest BCUT2D eigenvalue weighted by molar-refractivity contribution is 0.397. The van der Waals surface area contributed by atoms with E-state index in [9.17, 15) is 4.39 Å². The summed E-state index contributed by atoms with van der Waals surface area (Å²) in [7, 11) is 3.09. The van der Waals surface area contributed by atoms with Crippen molar-refractivity contribution in [3.63, 3.8) is 0 Å². The lowest BCUT2D eigenvalue weighted by Crippen LogP contribution is -2.02. The Kier molecular flexibility index (Phi) is 5.52. The fourth-order valence-electron chi connectivity index (χ4n) is 1.99. The molecule has 0 aliphatic rings. The van der Waals surface area contributed by atoms with Gasteiger partial charge in [0.1, 0.15) is 17.3 Å². The molecule has 0 N–H and O–H groups in total. The molecule has 6 heteroatoms. The van der Waals surface area contributed by atoms with Gasteiger partial charge in [-0.3, -0.25) is 0 Å². The van der Waals surface area contributed by atoms with Gasteiger partial charge >= 0.3 is 0 Å². The second-order valence-electron chi connectivity index (χ2n) is 4.23. The van der Waals surface area contributed by atoms with Crippen LogP contribution in [0.25, 0.3) is 0 Å². The van der Waals surface area contributed by atoms with E-state index in [0.717, 1.165) is 4.47 Å². The maximum Gasteiger partial charge on any atom is 0.133 e. The first-order valence-corrected chi connectivity index (χ1v) is 8.01. The molecule has 0 bridgehead atoms. The summed E-state index contributed by atoms with van der Waals surface area (Å²) < 4.78 is 26.0. The SMILES string of the molecule is COc1cc(C(Cl)c2c(F)cccc2Br)c(OC)cc1Br. The fourth-order valence-corrected chi connectivity index (χ4v) is 3.57. The molecule has 0 saturated carbocycles. The topological polar surface area (TPSA) is 18.5 Å². The van der Waals surface area contributed by atoms with Crippen molar-refractivity contribution >= 4 is 43.5 Å². The van der Waals surface area contributed by atoms with Crippen molar-refractivity contribution < 1.29 is 13.9 Å². The summed E-state index contributed by atoms with van der Waals surface area (Å²) in [6.07, 6.45) is 0. The van der Waals surface area contributed by atoms with Gasteiger partial charge < -0.3 is 9.47 Å². The van der Waals surface area contributed by atoms with E-state index >= 15 is 0 Å². The van der Waals surface area contributed by atoms with Gasteiger partial charge in [0.2, 0.25) is 0 Å². The molecule has 21 heavy (non-hydrogen) atoms. The Morgan fingerprint density at radius 1 is 1.05 bits per heavy atom. The van der Waals surface area contributed by atoms with E-state index in [1.165, 1.54) is 13.2 Å². The van der Waals surface area contributed by atoms with Crippen LogP contribution in [0.2, 0.25) is 0 Å². The standard InChI is InChI=1S/C15H12Br2ClFO2/c1-20-12-7-10(17)13(21-2)6-8(12)15(18)14-9(16)4-3-5-11(14)19/h3-7,15H,1-2H3. The average molecular weight is 439 g/mol. The summed E-state index contributed by atoms with van der Waals surface area (Å²) in [6.45, 7) is 0. The Hall–Kier alpha value is -0.780. The van der Waals surface area contributed by atoms with Crippen molar-refractivity contribution in [1.29, 1.82) is 0 Å². The summed E-state index contributed by atoms with van der Waals surface area (Å²) in [5.41, 5.74) is 0.992. The van der Waals surface area contributed by atoms with Crippen molar-refractivity contribution in [1.82, 2.24) is 0 Å². The van der Waals surface area contributed by atoms with E-state index in [2.05, 4.69) is 31.9 Å². The Labute approximate surface area is 144 Å². The third kappa shape index (κ3) is 3.35. The molecule has 0 aliphatic carbocycles. The number of ether oxygens (including phenoxy) is 2. The van der Waals surface area contributed by atoms with Gasteiger partial charge in [0.05, 0.1) is 24.1 Å². The zero-order valence-electron chi connectivity index (χ0n) is 11.3. The second-order valence-corrected chi connectivity index (χ2v) is 6.37. The number of hydrogen-bond acceptors (Lipinski definition) is 2. The van der Waals surface area contributed by atoms with E-state index in [4.69, 9.17) is 21.1 Å². The van der Waals surface area contributed by atoms with Crippen molar-refractivity contribution in [3.05, 3.63) is 56.2 Å². The third-order valence-electron chi connectivity index (χ3n) is 3.03. The van der Waals surface area contributed by atoms with Crippen LogP contribution in [0.1, 0.15) is 16.5 Å². The monoisotopic (exact) mass is 436 g/mol. The molecule has 0 radical (unpaired) electrons. The molecule has 0 aliphatic heterocycles. The molecule has 1 atom stereocenters. The highest BCUT2D eigenvalue weighted by atomic mass is 79.9. The molecule has 2 aromatic rings. The number of hydrogen-bond donors (Lipinski definition) is 0. The van der Waals surface area contributed by atoms with E-state index in [0.29, 0.717) is 27.1 Å². The van der Waals surface area contributed by atoms with E-state index in [1.807, 2.05) is 0 Å². The Morgan fingerprint density at radius 2 is 1.71 bits per heavy atom. The molecule has 0 amide bonds. The Morgan fingerprint density at radius 3 is 2.29 bits per heavy atom. The van der Waals surface area contributed by atoms with Crippen LogP contribution in [0.15, 0.2) is 39.3 Å². The smallest absolute Gasteiger partial charge is 0.133 e. The number of methoxy groups -OCH3 is 2. The number of benzene rings is 2. The number of rotatable bonds is 4. The zero-order chi connectivity index (χ0) is 15.6. The molecule has 0 spiro atoms. The first-order valence-electron chi connectivity index (χ1n) is 5.99. The highest BCUT2D eigenvalue weighted by Gasteiger charge is 2.23. The van der Waals surface area contributed by atoms with Gasteiger partial charge in [-0.2, -0.15) is 0 Å². The number of halogens is 4. The minimum Gasteiger partial charge on any atom is -0.496 e. The largest absolute Gasteiger partial charge is 0.496 e. The zero-order valence-corrected chi connectivity index (χ0v) is 15.2. The summed E-state index contributed by atoms with van der Waals surface area (Å²) in [5, 5.41) is -0.711. The molecule has 0 fully saturated rings. The molecule has 2 aromatic carbocycles. The van der Waals surface area contributed by atoms with Crippen molar-refractivity contribution in [3.8, 4) is 11.5 Å². The predicted octanol–water partition coefficient (Wildman–Crippen LogP) is 5.70. The molecule has 112 valence electrons. The molecule has 1 unspecified atom stereocenters. The van der Waals surface area contributed by atoms with Crippen LogP contribution in [-0.2, 0) is 0 Å². The van der Waals surface area contributed by atoms with Gasteiger partial charge in [-0.25, -0.2) is 4.39 Å². The normalized spacial score (nSPS) is 12.1. The maximum absolute atomic E-state index is 14.1. The van der Waals surface area contributed by atoms with Crippen LogP contribution in [-0.4, -0.2) is 14.2 Å². The van der Waals surface area contributed by atoms with E-state index in [1.54, 1.807) is 31.4 Å². The quantitative estimate of drug-likeness (QED) is 0.571. The number of alkyl halides is 1. The molecule has 2 nitrogen and oxygen atoms in total. The maximum atomic E-state index is 14.1. The molecular weight excluding hydrogens is 426 g/mol. The van der Waals surface area contributed by atoms with Crippen LogP contribution in [0.4, 0.5) is 4.39 Å². The van der Waals surface area contributed by atoms with Crippen molar-refractivity contribution in [2.75, 3.05) is 14.2 Å². The summed E-state index contributed by atoms with van der Waals surface area (Å²) >= 11 is 13.2. The fraction of sp³-hybridized carbons (Fsp3) is 0.200. The lowest BCUT2D eigenvalue weighted by atomic mass is 10.0. The van der Waals surface area contributed by atoms with Gasteiger partial charge in [-0.15, -0.1) is 11.6 Å². The highest BCUT2D eigenvalue weighted by molar-refractivity contribution is 9.10. The van der Waals surface area contributed by atoms with Crippen molar-refractivity contribution in [2.24, 2.45) is 0 Å². The molecule has 0 heterocycles. The van der Waals surface area contributed by atoms with Crippen LogP contribution in [0.5, 0.6) is 11.5 Å². The lowest BCUT2D eigenvalue weighted by Gasteiger charge is -2.18. The summed E-state index contributed by atoms with van der Waals surface area (Å²) in [5.74, 6) is 0.773. The predicted molar refractivity (Wildman–Crippen MR) is 89.0 cm³/mol. The average Bonchev–Trinajstić information content (AvgIpc) is 2.46. The van der Waals surface area contributed by atoms with E-state index < -0.39 is 5.38 Å². The molecule has 0 aromatic heterocycles. The van der Waals surface area contributed by atoms with Crippen molar-refractivity contribution in [2.45, 2.75) is 5.38 Å². The first kappa shape index (κ1) is 16.6. The minimum atomic E-state index is -0.711. The van der Waals surface area contributed by atoms with Crippen LogP contribution < -0.4 is 9.47 Å². The van der Waals surface area contributed by atoms with E-state index in [-0.39, 0.29) is 5.82 Å². The van der Waals surface area contributed by atoms with Gasteiger partial charge in [-0.1, -0.05) is 22.0 Å². The van der Waals surface area contributed by atoms with Crippen LogP contribution in [0.3, 0.4) is 0 Å². The third-order valence-corrected chi connectivity index (χ3v) is 4.79. The summed E-state index contributed by atoms with van der Waals surface area (Å²) in [6, 6.07) is 8.22. The van der Waals surface area contributed by atoms with Gasteiger partial charge in [0.15, 0.2) is 0 Å². The molecule has 2 rings (SSSR count). The first-order chi connectivity index (χ1) is 9.99. The van der Waals surface area contributed by atoms with Gasteiger partial charge in [0.25, 0.3) is 0 Å². The van der Waals surface area contributed by atoms with Gasteiger partial charge in [0, 0.05) is 15.6 Å². The highest BCUT2D eigenvalue weighted by Crippen LogP contribution is 2.43. The Balaban J connectivity index is 2.59. The van der Waals surface area contributed by atoms with Gasteiger partial charge in [-0.05, 0) is 40.2 Å². The van der Waals surface area contributed by atoms with Crippen LogP contribution >= 0.6 is 43.5 Å². The second kappa shape index (κ2) is 6.99. The minimum absolute atomic E-state index is 0.363.